The van der Waals surface area contributed by atoms with E-state index in [9.17, 15) is 0 Å². The Morgan fingerprint density at radius 1 is 1.00 bits per heavy atom. The Labute approximate surface area is 107 Å². The summed E-state index contributed by atoms with van der Waals surface area (Å²) in [6.45, 7) is 2.73. The SMILES string of the molecule is Cc1ccc(CCOc2ccccc2Cl)cc1. The lowest BCUT2D eigenvalue weighted by atomic mass is 10.1. The number of hydrogen-bond donors (Lipinski definition) is 0. The topological polar surface area (TPSA) is 9.23 Å². The molecule has 0 unspecified atom stereocenters. The number of ether oxygens (including phenoxy) is 1. The molecular weight excluding hydrogens is 232 g/mol. The quantitative estimate of drug-likeness (QED) is 0.783. The molecule has 0 fully saturated rings. The van der Waals surface area contributed by atoms with Gasteiger partial charge in [-0.15, -0.1) is 0 Å². The summed E-state index contributed by atoms with van der Waals surface area (Å²) < 4.78 is 5.64. The lowest BCUT2D eigenvalue weighted by Gasteiger charge is -2.07. The largest absolute Gasteiger partial charge is 0.492 e. The van der Waals surface area contributed by atoms with E-state index in [4.69, 9.17) is 16.3 Å². The first kappa shape index (κ1) is 12.0. The van der Waals surface area contributed by atoms with Gasteiger partial charge in [0.2, 0.25) is 0 Å². The van der Waals surface area contributed by atoms with Crippen molar-refractivity contribution in [1.82, 2.24) is 0 Å². The van der Waals surface area contributed by atoms with Crippen LogP contribution in [0.15, 0.2) is 48.5 Å². The van der Waals surface area contributed by atoms with Crippen LogP contribution >= 0.6 is 11.6 Å². The minimum absolute atomic E-state index is 0.646. The molecule has 2 heteroatoms. The number of halogens is 1. The van der Waals surface area contributed by atoms with Crippen molar-refractivity contribution < 1.29 is 4.74 Å². The highest BCUT2D eigenvalue weighted by Crippen LogP contribution is 2.23. The molecule has 1 nitrogen and oxygen atoms in total. The molecule has 0 spiro atoms. The van der Waals surface area contributed by atoms with Gasteiger partial charge in [-0.3, -0.25) is 0 Å². The van der Waals surface area contributed by atoms with E-state index in [1.54, 1.807) is 0 Å². The first-order valence-electron chi connectivity index (χ1n) is 5.68. The van der Waals surface area contributed by atoms with Crippen LogP contribution in [0.1, 0.15) is 11.1 Å². The molecule has 0 aliphatic heterocycles. The first-order valence-corrected chi connectivity index (χ1v) is 6.06. The molecule has 0 N–H and O–H groups in total. The van der Waals surface area contributed by atoms with Crippen molar-refractivity contribution in [3.8, 4) is 5.75 Å². The van der Waals surface area contributed by atoms with E-state index in [0.717, 1.165) is 12.2 Å². The molecule has 2 rings (SSSR count). The van der Waals surface area contributed by atoms with Crippen LogP contribution in [-0.2, 0) is 6.42 Å². The van der Waals surface area contributed by atoms with E-state index in [0.29, 0.717) is 11.6 Å². The molecule has 0 radical (unpaired) electrons. The smallest absolute Gasteiger partial charge is 0.137 e. The van der Waals surface area contributed by atoms with Crippen molar-refractivity contribution in [2.45, 2.75) is 13.3 Å². The van der Waals surface area contributed by atoms with Gasteiger partial charge in [-0.1, -0.05) is 53.6 Å². The summed E-state index contributed by atoms with van der Waals surface area (Å²) in [5, 5.41) is 0.663. The molecular formula is C15H15ClO. The zero-order chi connectivity index (χ0) is 12.1. The Kier molecular flexibility index (Phi) is 4.05. The van der Waals surface area contributed by atoms with E-state index in [1.807, 2.05) is 24.3 Å². The van der Waals surface area contributed by atoms with Crippen LogP contribution in [0.2, 0.25) is 5.02 Å². The van der Waals surface area contributed by atoms with Crippen LogP contribution in [0.4, 0.5) is 0 Å². The van der Waals surface area contributed by atoms with Gasteiger partial charge in [-0.05, 0) is 24.6 Å². The molecule has 88 valence electrons. The Morgan fingerprint density at radius 2 is 1.71 bits per heavy atom. The van der Waals surface area contributed by atoms with Gasteiger partial charge < -0.3 is 4.74 Å². The van der Waals surface area contributed by atoms with Gasteiger partial charge in [0.05, 0.1) is 11.6 Å². The first-order chi connectivity index (χ1) is 8.25. The van der Waals surface area contributed by atoms with Gasteiger partial charge in [0.25, 0.3) is 0 Å². The number of rotatable bonds is 4. The molecule has 0 aliphatic rings. The molecule has 2 aromatic carbocycles. The second-order valence-electron chi connectivity index (χ2n) is 4.01. The number of aryl methyl sites for hydroxylation is 1. The Balaban J connectivity index is 1.88. The van der Waals surface area contributed by atoms with Crippen molar-refractivity contribution in [3.05, 3.63) is 64.7 Å². The van der Waals surface area contributed by atoms with Crippen LogP contribution in [0.3, 0.4) is 0 Å². The monoisotopic (exact) mass is 246 g/mol. The predicted octanol–water partition coefficient (Wildman–Crippen LogP) is 4.27. The molecule has 0 saturated carbocycles. The standard InChI is InChI=1S/C15H15ClO/c1-12-6-8-13(9-7-12)10-11-17-15-5-3-2-4-14(15)16/h2-9H,10-11H2,1H3. The van der Waals surface area contributed by atoms with Crippen LogP contribution in [0, 0.1) is 6.92 Å². The van der Waals surface area contributed by atoms with Gasteiger partial charge in [0.15, 0.2) is 0 Å². The van der Waals surface area contributed by atoms with Gasteiger partial charge in [0, 0.05) is 6.42 Å². The van der Waals surface area contributed by atoms with Crippen molar-refractivity contribution in [2.24, 2.45) is 0 Å². The maximum atomic E-state index is 6.00. The minimum Gasteiger partial charge on any atom is -0.492 e. The van der Waals surface area contributed by atoms with Crippen LogP contribution < -0.4 is 4.74 Å². The second kappa shape index (κ2) is 5.74. The highest BCUT2D eigenvalue weighted by molar-refractivity contribution is 6.32. The molecule has 2 aromatic rings. The van der Waals surface area contributed by atoms with Crippen molar-refractivity contribution in [2.75, 3.05) is 6.61 Å². The van der Waals surface area contributed by atoms with Gasteiger partial charge in [-0.2, -0.15) is 0 Å². The second-order valence-corrected chi connectivity index (χ2v) is 4.42. The fraction of sp³-hybridized carbons (Fsp3) is 0.200. The third-order valence-corrected chi connectivity index (χ3v) is 2.92. The van der Waals surface area contributed by atoms with Crippen LogP contribution in [0.25, 0.3) is 0 Å². The van der Waals surface area contributed by atoms with Crippen molar-refractivity contribution in [1.29, 1.82) is 0 Å². The van der Waals surface area contributed by atoms with Gasteiger partial charge >= 0.3 is 0 Å². The summed E-state index contributed by atoms with van der Waals surface area (Å²) in [7, 11) is 0. The summed E-state index contributed by atoms with van der Waals surface area (Å²) in [5.41, 5.74) is 2.56. The molecule has 0 heterocycles. The highest BCUT2D eigenvalue weighted by Gasteiger charge is 1.99. The third-order valence-electron chi connectivity index (χ3n) is 2.61. The maximum Gasteiger partial charge on any atom is 0.137 e. The summed E-state index contributed by atoms with van der Waals surface area (Å²) in [4.78, 5) is 0. The molecule has 0 saturated heterocycles. The molecule has 0 bridgehead atoms. The van der Waals surface area contributed by atoms with E-state index < -0.39 is 0 Å². The Hall–Kier alpha value is -1.47. The maximum absolute atomic E-state index is 6.00. The van der Waals surface area contributed by atoms with E-state index in [-0.39, 0.29) is 0 Å². The van der Waals surface area contributed by atoms with E-state index >= 15 is 0 Å². The van der Waals surface area contributed by atoms with Crippen LogP contribution in [-0.4, -0.2) is 6.61 Å². The molecule has 0 amide bonds. The highest BCUT2D eigenvalue weighted by atomic mass is 35.5. The number of para-hydroxylation sites is 1. The van der Waals surface area contributed by atoms with Gasteiger partial charge in [-0.25, -0.2) is 0 Å². The summed E-state index contributed by atoms with van der Waals surface area (Å²) in [6, 6.07) is 16.0. The van der Waals surface area contributed by atoms with E-state index in [2.05, 4.69) is 31.2 Å². The molecule has 0 aliphatic carbocycles. The fourth-order valence-electron chi connectivity index (χ4n) is 1.60. The molecule has 0 aromatic heterocycles. The summed E-state index contributed by atoms with van der Waals surface area (Å²) in [5.74, 6) is 0.751. The van der Waals surface area contributed by atoms with Gasteiger partial charge in [0.1, 0.15) is 5.75 Å². The zero-order valence-electron chi connectivity index (χ0n) is 9.82. The number of hydrogen-bond acceptors (Lipinski definition) is 1. The van der Waals surface area contributed by atoms with Crippen LogP contribution in [0.5, 0.6) is 5.75 Å². The normalized spacial score (nSPS) is 10.2. The Morgan fingerprint density at radius 3 is 2.41 bits per heavy atom. The third kappa shape index (κ3) is 3.50. The summed E-state index contributed by atoms with van der Waals surface area (Å²) >= 11 is 6.00. The molecule has 17 heavy (non-hydrogen) atoms. The lowest BCUT2D eigenvalue weighted by molar-refractivity contribution is 0.322. The predicted molar refractivity (Wildman–Crippen MR) is 71.8 cm³/mol. The molecule has 0 atom stereocenters. The average molecular weight is 247 g/mol. The Bertz CT molecular complexity index is 477. The zero-order valence-corrected chi connectivity index (χ0v) is 10.6. The number of benzene rings is 2. The van der Waals surface area contributed by atoms with Crippen molar-refractivity contribution >= 4 is 11.6 Å². The fourth-order valence-corrected chi connectivity index (χ4v) is 1.79. The summed E-state index contributed by atoms with van der Waals surface area (Å²) in [6.07, 6.45) is 0.894. The van der Waals surface area contributed by atoms with Crippen molar-refractivity contribution in [3.63, 3.8) is 0 Å². The lowest BCUT2D eigenvalue weighted by Crippen LogP contribution is -2.01. The van der Waals surface area contributed by atoms with E-state index in [1.165, 1.54) is 11.1 Å². The average Bonchev–Trinajstić information content (AvgIpc) is 2.34. The minimum atomic E-state index is 0.646.